The summed E-state index contributed by atoms with van der Waals surface area (Å²) in [6, 6.07) is 2.61. The third-order valence-electron chi connectivity index (χ3n) is 4.21. The number of hydrogen-bond acceptors (Lipinski definition) is 4. The van der Waals surface area contributed by atoms with Gasteiger partial charge in [-0.15, -0.1) is 0 Å². The minimum Gasteiger partial charge on any atom is -0.464 e. The average Bonchev–Trinajstić information content (AvgIpc) is 2.92. The number of nitrogens with zero attached hydrogens (tertiary/aromatic N) is 2. The summed E-state index contributed by atoms with van der Waals surface area (Å²) in [5.74, 6) is -0.128. The van der Waals surface area contributed by atoms with Crippen LogP contribution >= 0.6 is 0 Å². The zero-order valence-electron chi connectivity index (χ0n) is 14.7. The van der Waals surface area contributed by atoms with Gasteiger partial charge in [-0.05, 0) is 31.2 Å². The summed E-state index contributed by atoms with van der Waals surface area (Å²) >= 11 is 0. The van der Waals surface area contributed by atoms with E-state index in [9.17, 15) is 14.0 Å². The van der Waals surface area contributed by atoms with Crippen LogP contribution in [0, 0.1) is 5.92 Å². The Morgan fingerprint density at radius 2 is 2.17 bits per heavy atom. The first-order chi connectivity index (χ1) is 11.4. The number of rotatable bonds is 7. The van der Waals surface area contributed by atoms with Gasteiger partial charge in [0, 0.05) is 31.9 Å². The lowest BCUT2D eigenvalue weighted by molar-refractivity contribution is -0.147. The Morgan fingerprint density at radius 3 is 2.75 bits per heavy atom. The van der Waals surface area contributed by atoms with Crippen LogP contribution in [0.4, 0.5) is 4.39 Å². The lowest BCUT2D eigenvalue weighted by Crippen LogP contribution is -2.32. The summed E-state index contributed by atoms with van der Waals surface area (Å²) in [6.45, 7) is 7.77. The molecule has 5 nitrogen and oxygen atoms in total. The van der Waals surface area contributed by atoms with Gasteiger partial charge in [0.1, 0.15) is 12.2 Å². The van der Waals surface area contributed by atoms with Crippen LogP contribution in [0.5, 0.6) is 0 Å². The molecule has 1 aromatic heterocycles. The molecule has 1 aliphatic heterocycles. The van der Waals surface area contributed by atoms with Crippen molar-refractivity contribution in [3.63, 3.8) is 0 Å². The van der Waals surface area contributed by atoms with Crippen LogP contribution in [0.15, 0.2) is 23.1 Å². The monoisotopic (exact) mass is 338 g/mol. The van der Waals surface area contributed by atoms with Crippen molar-refractivity contribution >= 4 is 5.97 Å². The molecule has 24 heavy (non-hydrogen) atoms. The molecule has 2 rings (SSSR count). The van der Waals surface area contributed by atoms with Crippen molar-refractivity contribution in [2.45, 2.75) is 52.4 Å². The zero-order valence-corrected chi connectivity index (χ0v) is 14.7. The van der Waals surface area contributed by atoms with E-state index in [2.05, 4.69) is 0 Å². The standard InChI is InChI=1S/C18H27FN2O3/c1-4-24-18(23)16(9-13(2)3)21-11-14(5-6-17(21)22)10-20-8-7-15(19)12-20/h5-6,11,13,15-16H,4,7-10,12H2,1-3H3/t15-,16?/m1/s1. The Bertz CT molecular complexity index is 615. The van der Waals surface area contributed by atoms with E-state index in [0.717, 1.165) is 5.56 Å². The van der Waals surface area contributed by atoms with E-state index in [1.54, 1.807) is 19.2 Å². The number of carbonyl (C=O) groups excluding carboxylic acids is 1. The highest BCUT2D eigenvalue weighted by molar-refractivity contribution is 5.74. The predicted molar refractivity (Wildman–Crippen MR) is 90.6 cm³/mol. The fraction of sp³-hybridized carbons (Fsp3) is 0.667. The van der Waals surface area contributed by atoms with Gasteiger partial charge in [0.15, 0.2) is 0 Å². The van der Waals surface area contributed by atoms with E-state index < -0.39 is 12.2 Å². The number of esters is 1. The third-order valence-corrected chi connectivity index (χ3v) is 4.21. The van der Waals surface area contributed by atoms with Crippen LogP contribution < -0.4 is 5.56 Å². The highest BCUT2D eigenvalue weighted by Gasteiger charge is 2.25. The van der Waals surface area contributed by atoms with E-state index in [4.69, 9.17) is 4.74 Å². The van der Waals surface area contributed by atoms with Crippen molar-refractivity contribution in [2.75, 3.05) is 19.7 Å². The van der Waals surface area contributed by atoms with Gasteiger partial charge in [-0.1, -0.05) is 19.9 Å². The van der Waals surface area contributed by atoms with E-state index in [1.165, 1.54) is 10.6 Å². The largest absolute Gasteiger partial charge is 0.464 e. The summed E-state index contributed by atoms with van der Waals surface area (Å²) in [5.41, 5.74) is 0.684. The first-order valence-electron chi connectivity index (χ1n) is 8.64. The van der Waals surface area contributed by atoms with Gasteiger partial charge in [-0.3, -0.25) is 9.69 Å². The van der Waals surface area contributed by atoms with Crippen molar-refractivity contribution in [3.05, 3.63) is 34.2 Å². The van der Waals surface area contributed by atoms with Crippen LogP contribution in [0.25, 0.3) is 0 Å². The summed E-state index contributed by atoms with van der Waals surface area (Å²) in [5, 5.41) is 0. The second kappa shape index (κ2) is 8.42. The molecule has 1 unspecified atom stereocenters. The molecule has 1 aromatic rings. The first kappa shape index (κ1) is 18.6. The normalized spacial score (nSPS) is 19.6. The SMILES string of the molecule is CCOC(=O)C(CC(C)C)n1cc(CN2CC[C@@H](F)C2)ccc1=O. The van der Waals surface area contributed by atoms with E-state index in [-0.39, 0.29) is 24.1 Å². The number of halogens is 1. The van der Waals surface area contributed by atoms with E-state index in [0.29, 0.717) is 32.5 Å². The molecule has 2 heterocycles. The summed E-state index contributed by atoms with van der Waals surface area (Å²) in [6.07, 6.45) is 2.04. The maximum Gasteiger partial charge on any atom is 0.329 e. The first-order valence-corrected chi connectivity index (χ1v) is 8.64. The predicted octanol–water partition coefficient (Wildman–Crippen LogP) is 2.54. The molecule has 1 aliphatic rings. The lowest BCUT2D eigenvalue weighted by atomic mass is 10.0. The number of pyridine rings is 1. The molecule has 134 valence electrons. The Hall–Kier alpha value is -1.69. The number of carbonyl (C=O) groups is 1. The average molecular weight is 338 g/mol. The molecule has 1 saturated heterocycles. The van der Waals surface area contributed by atoms with E-state index in [1.807, 2.05) is 18.7 Å². The number of aromatic nitrogens is 1. The molecule has 1 fully saturated rings. The van der Waals surface area contributed by atoms with Crippen molar-refractivity contribution < 1.29 is 13.9 Å². The Morgan fingerprint density at radius 1 is 1.42 bits per heavy atom. The number of ether oxygens (including phenoxy) is 1. The van der Waals surface area contributed by atoms with Crippen molar-refractivity contribution in [2.24, 2.45) is 5.92 Å². The smallest absolute Gasteiger partial charge is 0.329 e. The van der Waals surface area contributed by atoms with Gasteiger partial charge in [0.25, 0.3) is 5.56 Å². The van der Waals surface area contributed by atoms with Gasteiger partial charge in [-0.25, -0.2) is 9.18 Å². The van der Waals surface area contributed by atoms with Crippen molar-refractivity contribution in [1.29, 1.82) is 0 Å². The van der Waals surface area contributed by atoms with E-state index >= 15 is 0 Å². The van der Waals surface area contributed by atoms with Crippen LogP contribution in [0.1, 0.15) is 45.2 Å². The molecule has 0 aliphatic carbocycles. The Balaban J connectivity index is 2.23. The maximum atomic E-state index is 13.3. The van der Waals surface area contributed by atoms with Crippen LogP contribution in [0.3, 0.4) is 0 Å². The Kier molecular flexibility index (Phi) is 6.54. The van der Waals surface area contributed by atoms with Gasteiger partial charge in [0.05, 0.1) is 6.61 Å². The summed E-state index contributed by atoms with van der Waals surface area (Å²) in [7, 11) is 0. The van der Waals surface area contributed by atoms with Crippen molar-refractivity contribution in [3.8, 4) is 0 Å². The van der Waals surface area contributed by atoms with Gasteiger partial charge in [0.2, 0.25) is 0 Å². The molecule has 0 aromatic carbocycles. The maximum absolute atomic E-state index is 13.3. The topological polar surface area (TPSA) is 51.5 Å². The highest BCUT2D eigenvalue weighted by atomic mass is 19.1. The zero-order chi connectivity index (χ0) is 17.7. The third kappa shape index (κ3) is 4.90. The minimum atomic E-state index is -0.774. The van der Waals surface area contributed by atoms with Crippen LogP contribution in [-0.4, -0.2) is 41.3 Å². The fourth-order valence-corrected chi connectivity index (χ4v) is 3.08. The van der Waals surface area contributed by atoms with Gasteiger partial charge < -0.3 is 9.30 Å². The fourth-order valence-electron chi connectivity index (χ4n) is 3.08. The highest BCUT2D eigenvalue weighted by Crippen LogP contribution is 2.20. The molecule has 0 radical (unpaired) electrons. The van der Waals surface area contributed by atoms with Gasteiger partial charge >= 0.3 is 5.97 Å². The van der Waals surface area contributed by atoms with Crippen LogP contribution in [0.2, 0.25) is 0 Å². The molecular weight excluding hydrogens is 311 g/mol. The molecular formula is C18H27FN2O3. The number of hydrogen-bond donors (Lipinski definition) is 0. The quantitative estimate of drug-likeness (QED) is 0.717. The molecule has 0 saturated carbocycles. The number of alkyl halides is 1. The molecule has 6 heteroatoms. The molecule has 0 amide bonds. The molecule has 0 spiro atoms. The Labute approximate surface area is 142 Å². The molecule has 2 atom stereocenters. The van der Waals surface area contributed by atoms with Crippen molar-refractivity contribution in [1.82, 2.24) is 9.47 Å². The molecule has 0 bridgehead atoms. The second-order valence-electron chi connectivity index (χ2n) is 6.80. The summed E-state index contributed by atoms with van der Waals surface area (Å²) < 4.78 is 19.9. The van der Waals surface area contributed by atoms with Gasteiger partial charge in [-0.2, -0.15) is 0 Å². The van der Waals surface area contributed by atoms with Crippen LogP contribution in [-0.2, 0) is 16.1 Å². The minimum absolute atomic E-state index is 0.220. The second-order valence-corrected chi connectivity index (χ2v) is 6.80. The number of likely N-dealkylation sites (tertiary alicyclic amines) is 1. The lowest BCUT2D eigenvalue weighted by Gasteiger charge is -2.22. The molecule has 0 N–H and O–H groups in total. The summed E-state index contributed by atoms with van der Waals surface area (Å²) in [4.78, 5) is 26.6.